The van der Waals surface area contributed by atoms with E-state index in [-0.39, 0.29) is 12.7 Å². The molecule has 0 fully saturated rings. The van der Waals surface area contributed by atoms with E-state index < -0.39 is 33.7 Å². The van der Waals surface area contributed by atoms with Gasteiger partial charge in [-0.3, -0.25) is 4.18 Å². The lowest BCUT2D eigenvalue weighted by Gasteiger charge is -2.23. The quantitative estimate of drug-likeness (QED) is 0.734. The lowest BCUT2D eigenvalue weighted by molar-refractivity contribution is 0.0507. The van der Waals surface area contributed by atoms with Gasteiger partial charge in [0.2, 0.25) is 0 Å². The van der Waals surface area contributed by atoms with Crippen molar-refractivity contribution in [2.24, 2.45) is 0 Å². The van der Waals surface area contributed by atoms with Gasteiger partial charge in [-0.2, -0.15) is 8.42 Å². The van der Waals surface area contributed by atoms with Crippen molar-refractivity contribution in [2.75, 3.05) is 12.9 Å². The minimum absolute atomic E-state index is 0.0129. The Bertz CT molecular complexity index is 803. The van der Waals surface area contributed by atoms with Crippen molar-refractivity contribution >= 4 is 16.2 Å². The van der Waals surface area contributed by atoms with E-state index in [1.165, 1.54) is 12.1 Å². The van der Waals surface area contributed by atoms with E-state index in [0.29, 0.717) is 29.7 Å². The fraction of sp³-hybridized carbons (Fsp3) is 0.611. The van der Waals surface area contributed by atoms with Crippen LogP contribution in [-0.4, -0.2) is 39.1 Å². The highest BCUT2D eigenvalue weighted by molar-refractivity contribution is 7.85. The number of fused-ring (bicyclic) bond motifs is 1. The molecule has 1 aromatic rings. The number of benzene rings is 1. The zero-order chi connectivity index (χ0) is 20.4. The number of alkyl carbamates (subject to hydrolysis) is 1. The van der Waals surface area contributed by atoms with Crippen LogP contribution in [0, 0.1) is 5.82 Å². The molecular weight excluding hydrogens is 377 g/mol. The number of carbonyl (C=O) groups is 1. The first-order valence-corrected chi connectivity index (χ1v) is 10.5. The maximum atomic E-state index is 14.0. The van der Waals surface area contributed by atoms with Crippen LogP contribution in [0.25, 0.3) is 0 Å². The normalized spacial score (nSPS) is 17.8. The highest BCUT2D eigenvalue weighted by Crippen LogP contribution is 2.37. The molecule has 0 saturated carbocycles. The summed E-state index contributed by atoms with van der Waals surface area (Å²) in [6.45, 7) is 6.96. The van der Waals surface area contributed by atoms with Gasteiger partial charge in [0.15, 0.2) is 0 Å². The lowest BCUT2D eigenvalue weighted by atomic mass is 10.0. The molecule has 2 rings (SSSR count). The highest BCUT2D eigenvalue weighted by atomic mass is 32.2. The fourth-order valence-electron chi connectivity index (χ4n) is 2.80. The topological polar surface area (TPSA) is 90.9 Å². The van der Waals surface area contributed by atoms with Crippen molar-refractivity contribution < 1.29 is 31.3 Å². The summed E-state index contributed by atoms with van der Waals surface area (Å²) in [5, 5.41) is 2.68. The third kappa shape index (κ3) is 6.66. The summed E-state index contributed by atoms with van der Waals surface area (Å²) in [5.41, 5.74) is 0.532. The maximum absolute atomic E-state index is 14.0. The Hall–Kier alpha value is -1.87. The summed E-state index contributed by atoms with van der Waals surface area (Å²) >= 11 is 0. The summed E-state index contributed by atoms with van der Waals surface area (Å²) < 4.78 is 52.0. The van der Waals surface area contributed by atoms with Gasteiger partial charge < -0.3 is 14.8 Å². The summed E-state index contributed by atoms with van der Waals surface area (Å²) in [5.74, 6) is 0.0718. The fourth-order valence-corrected chi connectivity index (χ4v) is 3.20. The minimum atomic E-state index is -3.52. The SMILES string of the molecule is C[C@@H](NC(=O)OC(C)(C)C)c1cc(F)cc2c1OC(CCOS(C)(=O)=O)C2. The van der Waals surface area contributed by atoms with Crippen LogP contribution in [0.15, 0.2) is 12.1 Å². The molecule has 0 bridgehead atoms. The molecule has 27 heavy (non-hydrogen) atoms. The van der Waals surface area contributed by atoms with Crippen LogP contribution in [0.5, 0.6) is 5.75 Å². The lowest BCUT2D eigenvalue weighted by Crippen LogP contribution is -2.34. The second-order valence-corrected chi connectivity index (χ2v) is 9.25. The van der Waals surface area contributed by atoms with E-state index in [1.54, 1.807) is 27.7 Å². The van der Waals surface area contributed by atoms with Gasteiger partial charge in [0.25, 0.3) is 10.1 Å². The van der Waals surface area contributed by atoms with E-state index in [0.717, 1.165) is 6.26 Å². The van der Waals surface area contributed by atoms with Crippen LogP contribution in [0.2, 0.25) is 0 Å². The molecule has 1 unspecified atom stereocenters. The number of amides is 1. The number of rotatable bonds is 6. The molecule has 2 atom stereocenters. The molecule has 1 heterocycles. The number of nitrogens with one attached hydrogen (secondary N) is 1. The number of hydrogen-bond donors (Lipinski definition) is 1. The number of halogens is 1. The van der Waals surface area contributed by atoms with Crippen molar-refractivity contribution in [1.82, 2.24) is 5.32 Å². The van der Waals surface area contributed by atoms with Crippen LogP contribution >= 0.6 is 0 Å². The van der Waals surface area contributed by atoms with E-state index in [4.69, 9.17) is 13.7 Å². The Balaban J connectivity index is 2.08. The van der Waals surface area contributed by atoms with Crippen molar-refractivity contribution in [3.8, 4) is 5.75 Å². The molecular formula is C18H26FNO6S. The minimum Gasteiger partial charge on any atom is -0.489 e. The van der Waals surface area contributed by atoms with E-state index in [1.807, 2.05) is 0 Å². The van der Waals surface area contributed by atoms with E-state index in [2.05, 4.69) is 5.32 Å². The first-order chi connectivity index (χ1) is 12.3. The van der Waals surface area contributed by atoms with Crippen LogP contribution in [-0.2, 0) is 25.5 Å². The second-order valence-electron chi connectivity index (χ2n) is 7.61. The van der Waals surface area contributed by atoms with Crippen molar-refractivity contribution in [3.05, 3.63) is 29.1 Å². The molecule has 0 aromatic heterocycles. The Labute approximate surface area is 159 Å². The number of carbonyl (C=O) groups excluding carboxylic acids is 1. The molecule has 7 nitrogen and oxygen atoms in total. The van der Waals surface area contributed by atoms with Gasteiger partial charge in [-0.05, 0) is 39.8 Å². The van der Waals surface area contributed by atoms with Crippen molar-refractivity contribution in [1.29, 1.82) is 0 Å². The molecule has 1 N–H and O–H groups in total. The number of hydrogen-bond acceptors (Lipinski definition) is 6. The molecule has 152 valence electrons. The standard InChI is InChI=1S/C18H26FNO6S/c1-11(20-17(21)26-18(2,3)4)15-10-13(19)8-12-9-14(25-16(12)15)6-7-24-27(5,22)23/h8,10-11,14H,6-7,9H2,1-5H3,(H,20,21)/t11-,14?/m1/s1. The zero-order valence-corrected chi connectivity index (χ0v) is 17.0. The summed E-state index contributed by atoms with van der Waals surface area (Å²) in [6.07, 6.45) is 0.831. The third-order valence-electron chi connectivity index (χ3n) is 3.83. The molecule has 0 spiro atoms. The molecule has 9 heteroatoms. The van der Waals surface area contributed by atoms with E-state index in [9.17, 15) is 17.6 Å². The molecule has 0 saturated heterocycles. The first-order valence-electron chi connectivity index (χ1n) is 8.67. The molecule has 0 radical (unpaired) electrons. The van der Waals surface area contributed by atoms with Gasteiger partial charge in [-0.1, -0.05) is 0 Å². The smallest absolute Gasteiger partial charge is 0.408 e. The van der Waals surface area contributed by atoms with Gasteiger partial charge >= 0.3 is 6.09 Å². The summed E-state index contributed by atoms with van der Waals surface area (Å²) in [7, 11) is -3.52. The Morgan fingerprint density at radius 2 is 2.07 bits per heavy atom. The predicted molar refractivity (Wildman–Crippen MR) is 97.7 cm³/mol. The highest BCUT2D eigenvalue weighted by Gasteiger charge is 2.29. The Morgan fingerprint density at radius 1 is 1.41 bits per heavy atom. The maximum Gasteiger partial charge on any atom is 0.408 e. The predicted octanol–water partition coefficient (Wildman–Crippen LogP) is 3.08. The van der Waals surface area contributed by atoms with Gasteiger partial charge in [-0.15, -0.1) is 0 Å². The van der Waals surface area contributed by atoms with Gasteiger partial charge in [-0.25, -0.2) is 9.18 Å². The molecule has 1 aliphatic heterocycles. The Morgan fingerprint density at radius 3 is 2.67 bits per heavy atom. The van der Waals surface area contributed by atoms with Crippen LogP contribution < -0.4 is 10.1 Å². The third-order valence-corrected chi connectivity index (χ3v) is 4.42. The second kappa shape index (κ2) is 8.02. The van der Waals surface area contributed by atoms with Crippen molar-refractivity contribution in [3.63, 3.8) is 0 Å². The molecule has 1 aromatic carbocycles. The van der Waals surface area contributed by atoms with Crippen LogP contribution in [0.4, 0.5) is 9.18 Å². The average Bonchev–Trinajstić information content (AvgIpc) is 2.85. The molecule has 1 aliphatic rings. The largest absolute Gasteiger partial charge is 0.489 e. The monoisotopic (exact) mass is 403 g/mol. The van der Waals surface area contributed by atoms with E-state index >= 15 is 0 Å². The first kappa shape index (κ1) is 21.4. The summed E-state index contributed by atoms with van der Waals surface area (Å²) in [4.78, 5) is 12.0. The van der Waals surface area contributed by atoms with Crippen molar-refractivity contribution in [2.45, 2.75) is 58.3 Å². The Kier molecular flexibility index (Phi) is 6.36. The molecule has 0 aliphatic carbocycles. The summed E-state index contributed by atoms with van der Waals surface area (Å²) in [6, 6.07) is 2.17. The molecule has 1 amide bonds. The van der Waals surface area contributed by atoms with Gasteiger partial charge in [0.1, 0.15) is 23.3 Å². The van der Waals surface area contributed by atoms with Crippen LogP contribution in [0.3, 0.4) is 0 Å². The average molecular weight is 403 g/mol. The van der Waals surface area contributed by atoms with Gasteiger partial charge in [0.05, 0.1) is 18.9 Å². The van der Waals surface area contributed by atoms with Gasteiger partial charge in [0, 0.05) is 24.0 Å². The number of ether oxygens (including phenoxy) is 2. The van der Waals surface area contributed by atoms with Crippen LogP contribution in [0.1, 0.15) is 51.3 Å². The zero-order valence-electron chi connectivity index (χ0n) is 16.2.